The Labute approximate surface area is 365 Å². The Balaban J connectivity index is 0.898. The average molecular weight is 869 g/mol. The average Bonchev–Trinajstić information content (AvgIpc) is 4.17. The summed E-state index contributed by atoms with van der Waals surface area (Å²) in [4.78, 5) is 72.6. The largest absolute Gasteiger partial charge is 0.453 e. The summed E-state index contributed by atoms with van der Waals surface area (Å²) in [5.41, 5.74) is 7.35. The number of ether oxygens (including phenoxy) is 2. The van der Waals surface area contributed by atoms with Crippen molar-refractivity contribution in [3.05, 3.63) is 131 Å². The van der Waals surface area contributed by atoms with Crippen LogP contribution in [0.25, 0.3) is 43.0 Å². The Morgan fingerprint density at radius 3 is 1.60 bits per heavy atom. The van der Waals surface area contributed by atoms with Gasteiger partial charge in [-0.2, -0.15) is 0 Å². The summed E-state index contributed by atoms with van der Waals surface area (Å²) in [6.07, 6.45) is 5.44. The van der Waals surface area contributed by atoms with Crippen LogP contribution >= 0.6 is 22.7 Å². The van der Waals surface area contributed by atoms with Gasteiger partial charge >= 0.3 is 12.2 Å². The van der Waals surface area contributed by atoms with E-state index in [0.29, 0.717) is 35.9 Å². The smallest absolute Gasteiger partial charge is 0.407 e. The lowest BCUT2D eigenvalue weighted by Crippen LogP contribution is -2.42. The number of rotatable bonds is 11. The van der Waals surface area contributed by atoms with Crippen molar-refractivity contribution in [3.63, 3.8) is 0 Å². The third kappa shape index (κ3) is 7.94. The summed E-state index contributed by atoms with van der Waals surface area (Å²) in [6, 6.07) is 24.5. The lowest BCUT2D eigenvalue weighted by Gasteiger charge is -2.28. The SMILES string of the molecule is COC(=O)N[C@@H](C(=O)N1CCCC1c1ncc(-c2ccc(-c3csc4c(-c5cnc(C6CCCN6C(=O)[C@H](NC(=O)OC)c6ccccc6)[nH]5)csc34)cc2)[nH]1)c1ccccc1. The molecule has 7 aromatic rings. The number of likely N-dealkylation sites (tertiary alicyclic amines) is 2. The van der Waals surface area contributed by atoms with E-state index in [1.165, 1.54) is 18.9 Å². The van der Waals surface area contributed by atoms with E-state index in [9.17, 15) is 19.2 Å². The molecule has 0 radical (unpaired) electrons. The van der Waals surface area contributed by atoms with Crippen molar-refractivity contribution in [1.29, 1.82) is 0 Å². The molecule has 2 unspecified atom stereocenters. The van der Waals surface area contributed by atoms with Crippen molar-refractivity contribution in [2.45, 2.75) is 49.9 Å². The molecule has 4 atom stereocenters. The number of nitrogens with zero attached hydrogens (tertiary/aromatic N) is 4. The third-order valence-corrected chi connectivity index (χ3v) is 13.8. The molecule has 0 aliphatic carbocycles. The second-order valence-electron chi connectivity index (χ2n) is 15.2. The summed E-state index contributed by atoms with van der Waals surface area (Å²) in [6.45, 7) is 1.10. The normalized spacial score (nSPS) is 17.2. The van der Waals surface area contributed by atoms with Gasteiger partial charge in [0.15, 0.2) is 0 Å². The number of nitrogens with one attached hydrogen (secondary N) is 4. The predicted molar refractivity (Wildman–Crippen MR) is 237 cm³/mol. The molecule has 0 saturated carbocycles. The number of aromatic nitrogens is 4. The molecule has 0 bridgehead atoms. The monoisotopic (exact) mass is 868 g/mol. The summed E-state index contributed by atoms with van der Waals surface area (Å²) >= 11 is 3.37. The fourth-order valence-corrected chi connectivity index (χ4v) is 11.0. The number of benzene rings is 3. The second kappa shape index (κ2) is 17.7. The Bertz CT molecular complexity index is 2710. The van der Waals surface area contributed by atoms with Gasteiger partial charge in [-0.3, -0.25) is 9.59 Å². The maximum Gasteiger partial charge on any atom is 0.407 e. The number of H-pyrrole nitrogens is 2. The zero-order valence-electron chi connectivity index (χ0n) is 34.0. The molecule has 6 heterocycles. The first-order valence-electron chi connectivity index (χ1n) is 20.4. The van der Waals surface area contributed by atoms with Gasteiger partial charge in [-0.05, 0) is 47.9 Å². The highest BCUT2D eigenvalue weighted by molar-refractivity contribution is 7.27. The van der Waals surface area contributed by atoms with Crippen LogP contribution in [0.4, 0.5) is 9.59 Å². The van der Waals surface area contributed by atoms with Crippen molar-refractivity contribution in [2.24, 2.45) is 0 Å². The number of imidazole rings is 2. The first-order valence-corrected chi connectivity index (χ1v) is 22.2. The van der Waals surface area contributed by atoms with E-state index in [1.807, 2.05) is 66.9 Å². The number of aromatic amines is 2. The molecule has 62 heavy (non-hydrogen) atoms. The first-order chi connectivity index (χ1) is 30.3. The lowest BCUT2D eigenvalue weighted by atomic mass is 10.0. The maximum atomic E-state index is 14.0. The van der Waals surface area contributed by atoms with Crippen LogP contribution in [0.5, 0.6) is 0 Å². The number of carbonyl (C=O) groups is 4. The van der Waals surface area contributed by atoms with Gasteiger partial charge in [0.1, 0.15) is 23.7 Å². The molecule has 2 fully saturated rings. The van der Waals surface area contributed by atoms with Crippen LogP contribution in [0, 0.1) is 0 Å². The first kappa shape index (κ1) is 40.6. The summed E-state index contributed by atoms with van der Waals surface area (Å²) in [7, 11) is 2.57. The number of alkyl carbamates (subject to hydrolysis) is 2. The molecule has 2 aliphatic rings. The van der Waals surface area contributed by atoms with Gasteiger partial charge in [0.25, 0.3) is 11.8 Å². The van der Waals surface area contributed by atoms with E-state index < -0.39 is 24.3 Å². The van der Waals surface area contributed by atoms with E-state index in [0.717, 1.165) is 64.0 Å². The molecule has 3 aromatic carbocycles. The Kier molecular flexibility index (Phi) is 11.6. The van der Waals surface area contributed by atoms with Crippen molar-refractivity contribution < 1.29 is 28.7 Å². The minimum atomic E-state index is -0.885. The van der Waals surface area contributed by atoms with Crippen molar-refractivity contribution >= 4 is 56.1 Å². The molecular formula is C46H44N8O6S2. The van der Waals surface area contributed by atoms with Crippen LogP contribution in [0.1, 0.15) is 72.6 Å². The van der Waals surface area contributed by atoms with Gasteiger partial charge in [0.2, 0.25) is 0 Å². The zero-order chi connectivity index (χ0) is 42.7. The number of thiophene rings is 2. The van der Waals surface area contributed by atoms with Crippen LogP contribution in [0.2, 0.25) is 0 Å². The van der Waals surface area contributed by atoms with Crippen LogP contribution in [-0.4, -0.2) is 81.0 Å². The molecule has 4 amide bonds. The van der Waals surface area contributed by atoms with Crippen LogP contribution < -0.4 is 10.6 Å². The van der Waals surface area contributed by atoms with Crippen LogP contribution in [0.3, 0.4) is 0 Å². The second-order valence-corrected chi connectivity index (χ2v) is 17.0. The van der Waals surface area contributed by atoms with Crippen LogP contribution in [-0.2, 0) is 19.1 Å². The number of methoxy groups -OCH3 is 2. The fourth-order valence-electron chi connectivity index (χ4n) is 8.51. The van der Waals surface area contributed by atoms with Gasteiger partial charge < -0.3 is 39.9 Å². The van der Waals surface area contributed by atoms with Gasteiger partial charge in [0, 0.05) is 35.0 Å². The fraction of sp³-hybridized carbons (Fsp3) is 0.261. The Morgan fingerprint density at radius 1 is 0.629 bits per heavy atom. The number of amides is 4. The lowest BCUT2D eigenvalue weighted by molar-refractivity contribution is -0.135. The molecule has 4 N–H and O–H groups in total. The summed E-state index contributed by atoms with van der Waals surface area (Å²) < 4.78 is 12.0. The number of hydrogen-bond donors (Lipinski definition) is 4. The molecule has 14 nitrogen and oxygen atoms in total. The molecule has 2 saturated heterocycles. The van der Waals surface area contributed by atoms with E-state index in [4.69, 9.17) is 19.4 Å². The molecule has 2 aliphatic heterocycles. The highest BCUT2D eigenvalue weighted by Gasteiger charge is 2.38. The molecule has 316 valence electrons. The summed E-state index contributed by atoms with van der Waals surface area (Å²) in [5.74, 6) is 0.988. The van der Waals surface area contributed by atoms with Gasteiger partial charge in [-0.15, -0.1) is 22.7 Å². The minimum absolute atomic E-state index is 0.210. The number of fused-ring (bicyclic) bond motifs is 1. The minimum Gasteiger partial charge on any atom is -0.453 e. The van der Waals surface area contributed by atoms with Gasteiger partial charge in [-0.25, -0.2) is 19.6 Å². The molecule has 4 aromatic heterocycles. The maximum absolute atomic E-state index is 14.0. The topological polar surface area (TPSA) is 175 Å². The van der Waals surface area contributed by atoms with E-state index in [-0.39, 0.29) is 23.9 Å². The van der Waals surface area contributed by atoms with Crippen molar-refractivity contribution in [2.75, 3.05) is 27.3 Å². The van der Waals surface area contributed by atoms with Gasteiger partial charge in [-0.1, -0.05) is 84.9 Å². The van der Waals surface area contributed by atoms with Crippen LogP contribution in [0.15, 0.2) is 108 Å². The van der Waals surface area contributed by atoms with Crippen molar-refractivity contribution in [3.8, 4) is 33.6 Å². The predicted octanol–water partition coefficient (Wildman–Crippen LogP) is 8.93. The Hall–Kier alpha value is -6.78. The third-order valence-electron chi connectivity index (χ3n) is 11.6. The highest BCUT2D eigenvalue weighted by atomic mass is 32.1. The van der Waals surface area contributed by atoms with Gasteiger partial charge in [0.05, 0.1) is 59.5 Å². The van der Waals surface area contributed by atoms with E-state index in [2.05, 4.69) is 55.6 Å². The number of hydrogen-bond acceptors (Lipinski definition) is 10. The molecular weight excluding hydrogens is 825 g/mol. The molecule has 16 heteroatoms. The summed E-state index contributed by atoms with van der Waals surface area (Å²) in [5, 5.41) is 9.78. The Morgan fingerprint density at radius 2 is 1.08 bits per heavy atom. The quantitative estimate of drug-likeness (QED) is 0.0997. The van der Waals surface area contributed by atoms with E-state index >= 15 is 0 Å². The van der Waals surface area contributed by atoms with Crippen molar-refractivity contribution in [1.82, 2.24) is 40.4 Å². The zero-order valence-corrected chi connectivity index (χ0v) is 35.6. The molecule has 9 rings (SSSR count). The number of carbonyl (C=O) groups excluding carboxylic acids is 4. The molecule has 0 spiro atoms. The highest BCUT2D eigenvalue weighted by Crippen LogP contribution is 2.45. The standard InChI is InChI=1S/C46H44N8O6S2/c1-59-45(57)51-37(29-11-5-3-6-12-29)43(55)53-21-9-15-35(53)41-47-23-33(49-41)28-19-17-27(18-20-28)31-25-61-40-32(26-62-39(31)40)34-24-48-42(50-34)36-16-10-22-54(36)44(56)38(52-46(58)60-2)30-13-7-4-8-14-30/h3-8,11-14,17-20,23-26,35-38H,9-10,15-16,21-22H2,1-2H3,(H,47,49)(H,48,50)(H,51,57)(H,52,58)/t35?,36?,37-,38-/m1/s1. The van der Waals surface area contributed by atoms with E-state index in [1.54, 1.807) is 38.7 Å².